The lowest BCUT2D eigenvalue weighted by molar-refractivity contribution is -0.106. The maximum atomic E-state index is 13.6. The molecule has 0 radical (unpaired) electrons. The summed E-state index contributed by atoms with van der Waals surface area (Å²) in [4.78, 5) is 13.6. The van der Waals surface area contributed by atoms with Crippen molar-refractivity contribution in [2.75, 3.05) is 25.6 Å². The molecular weight excluding hydrogens is 420 g/mol. The van der Waals surface area contributed by atoms with Gasteiger partial charge in [0, 0.05) is 36.9 Å². The van der Waals surface area contributed by atoms with Crippen molar-refractivity contribution in [1.29, 1.82) is 5.41 Å². The predicted molar refractivity (Wildman–Crippen MR) is 127 cm³/mol. The van der Waals surface area contributed by atoms with Gasteiger partial charge in [-0.2, -0.15) is 0 Å². The molecule has 7 heteroatoms. The summed E-state index contributed by atoms with van der Waals surface area (Å²) in [6.07, 6.45) is 6.70. The average molecular weight is 453 g/mol. The van der Waals surface area contributed by atoms with Crippen molar-refractivity contribution in [2.24, 2.45) is 0 Å². The number of benzene rings is 2. The van der Waals surface area contributed by atoms with E-state index in [1.165, 1.54) is 6.21 Å². The van der Waals surface area contributed by atoms with Crippen LogP contribution in [0.3, 0.4) is 0 Å². The second-order valence-corrected chi connectivity index (χ2v) is 8.41. The van der Waals surface area contributed by atoms with Gasteiger partial charge in [0.05, 0.1) is 19.3 Å². The van der Waals surface area contributed by atoms with Crippen LogP contribution in [0.25, 0.3) is 0 Å². The van der Waals surface area contributed by atoms with Crippen molar-refractivity contribution in [3.05, 3.63) is 53.1 Å². The van der Waals surface area contributed by atoms with E-state index < -0.39 is 0 Å². The van der Waals surface area contributed by atoms with Crippen molar-refractivity contribution in [1.82, 2.24) is 0 Å². The number of ketones is 1. The summed E-state index contributed by atoms with van der Waals surface area (Å²) in [5.41, 5.74) is 2.43. The van der Waals surface area contributed by atoms with Gasteiger partial charge in [-0.15, -0.1) is 0 Å². The molecule has 176 valence electrons. The molecule has 0 aliphatic carbocycles. The van der Waals surface area contributed by atoms with Crippen LogP contribution < -0.4 is 14.8 Å². The zero-order chi connectivity index (χ0) is 23.0. The van der Waals surface area contributed by atoms with Crippen molar-refractivity contribution in [2.45, 2.75) is 57.5 Å². The Bertz CT molecular complexity index is 965. The van der Waals surface area contributed by atoms with Crippen LogP contribution in [0.4, 0.5) is 5.69 Å². The maximum absolute atomic E-state index is 13.6. The Labute approximate surface area is 194 Å². The number of rotatable bonds is 9. The number of carbonyl (C=O) groups is 1. The molecule has 2 aromatic rings. The summed E-state index contributed by atoms with van der Waals surface area (Å²) >= 11 is 0. The second kappa shape index (κ2) is 11.3. The number of anilines is 1. The first-order chi connectivity index (χ1) is 16.2. The molecule has 0 bridgehead atoms. The highest BCUT2D eigenvalue weighted by Crippen LogP contribution is 2.33. The maximum Gasteiger partial charge on any atom is 0.199 e. The normalized spacial score (nSPS) is 20.6. The molecule has 2 unspecified atom stereocenters. The smallest absolute Gasteiger partial charge is 0.199 e. The van der Waals surface area contributed by atoms with E-state index in [1.807, 2.05) is 30.3 Å². The lowest BCUT2D eigenvalue weighted by Gasteiger charge is -2.27. The minimum Gasteiger partial charge on any atom is -0.497 e. The summed E-state index contributed by atoms with van der Waals surface area (Å²) in [5, 5.41) is 11.5. The fourth-order valence-electron chi connectivity index (χ4n) is 4.29. The molecule has 2 aliphatic rings. The van der Waals surface area contributed by atoms with Gasteiger partial charge >= 0.3 is 0 Å². The zero-order valence-corrected chi connectivity index (χ0v) is 19.1. The third-order valence-corrected chi connectivity index (χ3v) is 6.02. The van der Waals surface area contributed by atoms with Crippen molar-refractivity contribution >= 4 is 17.7 Å². The lowest BCUT2D eigenvalue weighted by Crippen LogP contribution is -2.29. The molecule has 33 heavy (non-hydrogen) atoms. The van der Waals surface area contributed by atoms with Gasteiger partial charge in [0.25, 0.3) is 0 Å². The van der Waals surface area contributed by atoms with Crippen LogP contribution >= 0.6 is 0 Å². The molecule has 2 saturated heterocycles. The number of Topliss-reactive ketones (excluding diaryl/α,β-unsaturated/α-hetero) is 1. The van der Waals surface area contributed by atoms with E-state index in [-0.39, 0.29) is 24.7 Å². The third-order valence-electron chi connectivity index (χ3n) is 6.02. The molecule has 0 aromatic heterocycles. The number of methoxy groups -OCH3 is 1. The monoisotopic (exact) mass is 452 g/mol. The Hall–Kier alpha value is -2.90. The zero-order valence-electron chi connectivity index (χ0n) is 19.1. The quantitative estimate of drug-likeness (QED) is 0.413. The molecule has 2 N–H and O–H groups in total. The predicted octanol–water partition coefficient (Wildman–Crippen LogP) is 4.96. The standard InChI is InChI=1S/C26H32N2O5/c1-30-19-8-6-7-18(15-19)16-22(29)26-20(17-27)21(28-24-9-2-4-13-31-24)11-12-23(26)33-25-10-3-5-14-32-25/h6-8,11-12,15,17,24-25,27-28H,2-5,9-10,13-14,16H2,1H3. The number of carbonyl (C=O) groups excluding carboxylic acids is 1. The number of ether oxygens (including phenoxy) is 4. The van der Waals surface area contributed by atoms with E-state index in [2.05, 4.69) is 5.32 Å². The highest BCUT2D eigenvalue weighted by molar-refractivity contribution is 6.09. The average Bonchev–Trinajstić information content (AvgIpc) is 2.86. The lowest BCUT2D eigenvalue weighted by atomic mass is 9.96. The summed E-state index contributed by atoms with van der Waals surface area (Å²) in [6.45, 7) is 1.35. The highest BCUT2D eigenvalue weighted by atomic mass is 16.7. The molecule has 2 atom stereocenters. The Morgan fingerprint density at radius 2 is 1.94 bits per heavy atom. The van der Waals surface area contributed by atoms with E-state index >= 15 is 0 Å². The van der Waals surface area contributed by atoms with Crippen molar-refractivity contribution in [3.8, 4) is 11.5 Å². The molecule has 0 spiro atoms. The molecule has 2 aliphatic heterocycles. The van der Waals surface area contributed by atoms with Gasteiger partial charge in [0.15, 0.2) is 12.1 Å². The van der Waals surface area contributed by atoms with Crippen LogP contribution in [-0.4, -0.2) is 44.8 Å². The second-order valence-electron chi connectivity index (χ2n) is 8.41. The minimum atomic E-state index is -0.388. The molecule has 0 amide bonds. The first-order valence-corrected chi connectivity index (χ1v) is 11.7. The Morgan fingerprint density at radius 1 is 1.12 bits per heavy atom. The van der Waals surface area contributed by atoms with Crippen LogP contribution in [0, 0.1) is 5.41 Å². The molecule has 2 fully saturated rings. The van der Waals surface area contributed by atoms with Gasteiger partial charge in [-0.1, -0.05) is 12.1 Å². The Morgan fingerprint density at radius 3 is 2.64 bits per heavy atom. The fraction of sp³-hybridized carbons (Fsp3) is 0.462. The number of hydrogen-bond acceptors (Lipinski definition) is 7. The summed E-state index contributed by atoms with van der Waals surface area (Å²) in [6, 6.07) is 11.1. The van der Waals surface area contributed by atoms with Crippen LogP contribution in [0.1, 0.15) is 60.0 Å². The van der Waals surface area contributed by atoms with E-state index in [1.54, 1.807) is 13.2 Å². The first kappa shape index (κ1) is 23.3. The first-order valence-electron chi connectivity index (χ1n) is 11.7. The van der Waals surface area contributed by atoms with Gasteiger partial charge in [-0.3, -0.25) is 4.79 Å². The fourth-order valence-corrected chi connectivity index (χ4v) is 4.29. The van der Waals surface area contributed by atoms with Crippen LogP contribution in [0.5, 0.6) is 11.5 Å². The van der Waals surface area contributed by atoms with Gasteiger partial charge in [-0.25, -0.2) is 0 Å². The van der Waals surface area contributed by atoms with Gasteiger partial charge in [-0.05, 0) is 61.9 Å². The molecule has 7 nitrogen and oxygen atoms in total. The Kier molecular flexibility index (Phi) is 7.96. The SMILES string of the molecule is COc1cccc(CC(=O)c2c(OC3CCCCO3)ccc(NC3CCCCO3)c2C=N)c1. The van der Waals surface area contributed by atoms with Crippen molar-refractivity contribution < 1.29 is 23.7 Å². The van der Waals surface area contributed by atoms with Gasteiger partial charge in [0.1, 0.15) is 17.7 Å². The molecule has 4 rings (SSSR count). The Balaban J connectivity index is 1.66. The topological polar surface area (TPSA) is 89.9 Å². The summed E-state index contributed by atoms with van der Waals surface area (Å²) < 4.78 is 23.0. The summed E-state index contributed by atoms with van der Waals surface area (Å²) in [5.74, 6) is 1.02. The van der Waals surface area contributed by atoms with Gasteiger partial charge < -0.3 is 29.7 Å². The van der Waals surface area contributed by atoms with Crippen LogP contribution in [0.2, 0.25) is 0 Å². The van der Waals surface area contributed by atoms with E-state index in [0.29, 0.717) is 41.5 Å². The third kappa shape index (κ3) is 5.92. The van der Waals surface area contributed by atoms with Crippen molar-refractivity contribution in [3.63, 3.8) is 0 Å². The molecule has 0 saturated carbocycles. The molecular formula is C26H32N2O5. The van der Waals surface area contributed by atoms with Crippen LogP contribution in [0.15, 0.2) is 36.4 Å². The van der Waals surface area contributed by atoms with E-state index in [9.17, 15) is 4.79 Å². The van der Waals surface area contributed by atoms with E-state index in [0.717, 1.165) is 44.1 Å². The van der Waals surface area contributed by atoms with Gasteiger partial charge in [0.2, 0.25) is 0 Å². The molecule has 2 heterocycles. The number of hydrogen-bond donors (Lipinski definition) is 2. The largest absolute Gasteiger partial charge is 0.497 e. The minimum absolute atomic E-state index is 0.124. The van der Waals surface area contributed by atoms with Crippen LogP contribution in [-0.2, 0) is 15.9 Å². The highest BCUT2D eigenvalue weighted by Gasteiger charge is 2.25. The van der Waals surface area contributed by atoms with E-state index in [4.69, 9.17) is 24.4 Å². The molecule has 2 aromatic carbocycles. The summed E-state index contributed by atoms with van der Waals surface area (Å²) in [7, 11) is 1.60. The number of nitrogens with one attached hydrogen (secondary N) is 2.